The third-order valence-corrected chi connectivity index (χ3v) is 6.55. The molecule has 1 aromatic heterocycles. The van der Waals surface area contributed by atoms with Gasteiger partial charge in [0.1, 0.15) is 11.5 Å². The van der Waals surface area contributed by atoms with Gasteiger partial charge >= 0.3 is 6.18 Å². The summed E-state index contributed by atoms with van der Waals surface area (Å²) in [4.78, 5) is 6.41. The molecule has 160 valence electrons. The molecule has 0 radical (unpaired) electrons. The minimum atomic E-state index is -4.39. The predicted molar refractivity (Wildman–Crippen MR) is 110 cm³/mol. The van der Waals surface area contributed by atoms with Gasteiger partial charge in [-0.1, -0.05) is 11.3 Å². The van der Waals surface area contributed by atoms with Crippen LogP contribution in [0.25, 0.3) is 10.2 Å². The fraction of sp³-hybridized carbons (Fsp3) is 0.381. The maximum atomic E-state index is 13.0. The smallest absolute Gasteiger partial charge is 0.416 e. The Morgan fingerprint density at radius 3 is 2.23 bits per heavy atom. The summed E-state index contributed by atoms with van der Waals surface area (Å²) in [7, 11) is 3.12. The zero-order valence-electron chi connectivity index (χ0n) is 16.5. The summed E-state index contributed by atoms with van der Waals surface area (Å²) >= 11 is 1.36. The SMILES string of the molecule is COc1cc(OC)cc(C2(O)CCN(c3nc4cc(C(F)(F)F)ccc4s3)CC2)c1. The number of alkyl halides is 3. The lowest BCUT2D eigenvalue weighted by molar-refractivity contribution is -0.137. The number of halogens is 3. The number of anilines is 1. The lowest BCUT2D eigenvalue weighted by atomic mass is 9.84. The molecule has 5 nitrogen and oxygen atoms in total. The van der Waals surface area contributed by atoms with E-state index >= 15 is 0 Å². The number of rotatable bonds is 4. The van der Waals surface area contributed by atoms with E-state index in [1.54, 1.807) is 32.4 Å². The topological polar surface area (TPSA) is 54.8 Å². The first-order valence-corrected chi connectivity index (χ1v) is 10.2. The van der Waals surface area contributed by atoms with Gasteiger partial charge in [0.25, 0.3) is 0 Å². The molecule has 0 spiro atoms. The Morgan fingerprint density at radius 1 is 1.03 bits per heavy atom. The Morgan fingerprint density at radius 2 is 1.67 bits per heavy atom. The van der Waals surface area contributed by atoms with Crippen molar-refractivity contribution in [1.82, 2.24) is 4.98 Å². The lowest BCUT2D eigenvalue weighted by Gasteiger charge is -2.38. The summed E-state index contributed by atoms with van der Waals surface area (Å²) in [5.74, 6) is 1.21. The molecule has 3 aromatic rings. The van der Waals surface area contributed by atoms with Crippen LogP contribution in [0.1, 0.15) is 24.0 Å². The first kappa shape index (κ1) is 20.7. The maximum Gasteiger partial charge on any atom is 0.416 e. The van der Waals surface area contributed by atoms with Gasteiger partial charge in [-0.05, 0) is 48.7 Å². The van der Waals surface area contributed by atoms with Crippen molar-refractivity contribution in [1.29, 1.82) is 0 Å². The van der Waals surface area contributed by atoms with Crippen molar-refractivity contribution in [2.24, 2.45) is 0 Å². The molecule has 2 aromatic carbocycles. The molecule has 1 aliphatic rings. The van der Waals surface area contributed by atoms with E-state index in [4.69, 9.17) is 9.47 Å². The van der Waals surface area contributed by atoms with Crippen molar-refractivity contribution in [3.8, 4) is 11.5 Å². The number of fused-ring (bicyclic) bond motifs is 1. The summed E-state index contributed by atoms with van der Waals surface area (Å²) in [6, 6.07) is 8.97. The predicted octanol–water partition coefficient (Wildman–Crippen LogP) is 4.82. The van der Waals surface area contributed by atoms with Crippen molar-refractivity contribution in [3.63, 3.8) is 0 Å². The van der Waals surface area contributed by atoms with Gasteiger partial charge in [-0.25, -0.2) is 4.98 Å². The third-order valence-electron chi connectivity index (χ3n) is 5.45. The average Bonchev–Trinajstić information content (AvgIpc) is 3.16. The van der Waals surface area contributed by atoms with Gasteiger partial charge in [0, 0.05) is 19.2 Å². The number of nitrogens with zero attached hydrogens (tertiary/aromatic N) is 2. The maximum absolute atomic E-state index is 13.0. The van der Waals surface area contributed by atoms with Crippen LogP contribution < -0.4 is 14.4 Å². The number of ether oxygens (including phenoxy) is 2. The van der Waals surface area contributed by atoms with Gasteiger partial charge in [0.2, 0.25) is 0 Å². The van der Waals surface area contributed by atoms with E-state index in [0.717, 1.165) is 17.7 Å². The van der Waals surface area contributed by atoms with Crippen LogP contribution in [-0.4, -0.2) is 37.4 Å². The van der Waals surface area contributed by atoms with E-state index in [1.165, 1.54) is 17.4 Å². The van der Waals surface area contributed by atoms with Gasteiger partial charge in [-0.15, -0.1) is 0 Å². The molecule has 2 heterocycles. The Bertz CT molecular complexity index is 1040. The quantitative estimate of drug-likeness (QED) is 0.633. The number of methoxy groups -OCH3 is 2. The second-order valence-electron chi connectivity index (χ2n) is 7.30. The molecule has 1 aliphatic heterocycles. The highest BCUT2D eigenvalue weighted by molar-refractivity contribution is 7.22. The monoisotopic (exact) mass is 438 g/mol. The molecule has 0 saturated carbocycles. The van der Waals surface area contributed by atoms with Crippen LogP contribution in [0.4, 0.5) is 18.3 Å². The largest absolute Gasteiger partial charge is 0.497 e. The van der Waals surface area contributed by atoms with E-state index in [-0.39, 0.29) is 0 Å². The fourth-order valence-corrected chi connectivity index (χ4v) is 4.66. The Hall–Kier alpha value is -2.52. The van der Waals surface area contributed by atoms with Crippen molar-refractivity contribution in [3.05, 3.63) is 47.5 Å². The van der Waals surface area contributed by atoms with Crippen LogP contribution in [0, 0.1) is 0 Å². The molecule has 9 heteroatoms. The van der Waals surface area contributed by atoms with Crippen LogP contribution in [0.2, 0.25) is 0 Å². The average molecular weight is 438 g/mol. The van der Waals surface area contributed by atoms with Crippen LogP contribution in [0.3, 0.4) is 0 Å². The lowest BCUT2D eigenvalue weighted by Crippen LogP contribution is -2.42. The molecular formula is C21H21F3N2O3S. The highest BCUT2D eigenvalue weighted by atomic mass is 32.1. The normalized spacial score (nSPS) is 16.7. The van der Waals surface area contributed by atoms with Gasteiger partial charge in [-0.3, -0.25) is 0 Å². The van der Waals surface area contributed by atoms with Crippen molar-refractivity contribution in [2.75, 3.05) is 32.2 Å². The van der Waals surface area contributed by atoms with Crippen molar-refractivity contribution >= 4 is 26.7 Å². The van der Waals surface area contributed by atoms with Crippen LogP contribution in [-0.2, 0) is 11.8 Å². The first-order valence-electron chi connectivity index (χ1n) is 9.40. The number of thiazole rings is 1. The van der Waals surface area contributed by atoms with Gasteiger partial charge in [-0.2, -0.15) is 13.2 Å². The number of benzene rings is 2. The first-order chi connectivity index (χ1) is 14.2. The number of piperidine rings is 1. The van der Waals surface area contributed by atoms with E-state index in [1.807, 2.05) is 4.90 Å². The van der Waals surface area contributed by atoms with Crippen LogP contribution in [0.5, 0.6) is 11.5 Å². The van der Waals surface area contributed by atoms with Crippen LogP contribution >= 0.6 is 11.3 Å². The molecule has 30 heavy (non-hydrogen) atoms. The summed E-state index contributed by atoms with van der Waals surface area (Å²) in [5.41, 5.74) is -0.689. The second kappa shape index (κ2) is 7.63. The summed E-state index contributed by atoms with van der Waals surface area (Å²) in [6.07, 6.45) is -3.49. The summed E-state index contributed by atoms with van der Waals surface area (Å²) < 4.78 is 50.2. The van der Waals surface area contributed by atoms with E-state index in [9.17, 15) is 18.3 Å². The number of aromatic nitrogens is 1. The van der Waals surface area contributed by atoms with Gasteiger partial charge in [0.05, 0.1) is 35.6 Å². The molecule has 0 aliphatic carbocycles. The molecule has 0 atom stereocenters. The Kier molecular flexibility index (Phi) is 5.27. The van der Waals surface area contributed by atoms with Crippen molar-refractivity contribution in [2.45, 2.75) is 24.6 Å². The third kappa shape index (κ3) is 3.91. The molecule has 1 fully saturated rings. The minimum Gasteiger partial charge on any atom is -0.497 e. The minimum absolute atomic E-state index is 0.336. The van der Waals surface area contributed by atoms with Crippen molar-refractivity contribution < 1.29 is 27.8 Å². The highest BCUT2D eigenvalue weighted by Crippen LogP contribution is 2.40. The zero-order valence-corrected chi connectivity index (χ0v) is 17.3. The summed E-state index contributed by atoms with van der Waals surface area (Å²) in [5, 5.41) is 11.9. The number of hydrogen-bond acceptors (Lipinski definition) is 6. The fourth-order valence-electron chi connectivity index (χ4n) is 3.66. The standard InChI is InChI=1S/C21H21F3N2O3S/c1-28-15-9-14(10-16(12-15)29-2)20(27)5-7-26(8-6-20)19-25-17-11-13(21(22,23)24)3-4-18(17)30-19/h3-4,9-12,27H,5-8H2,1-2H3. The Balaban J connectivity index is 1.54. The molecule has 4 rings (SSSR count). The molecule has 0 unspecified atom stereocenters. The van der Waals surface area contributed by atoms with E-state index < -0.39 is 17.3 Å². The Labute approximate surface area is 175 Å². The molecule has 1 N–H and O–H groups in total. The van der Waals surface area contributed by atoms with E-state index in [0.29, 0.717) is 52.8 Å². The summed E-state index contributed by atoms with van der Waals surface area (Å²) in [6.45, 7) is 1.06. The molecular weight excluding hydrogens is 417 g/mol. The molecule has 0 bridgehead atoms. The van der Waals surface area contributed by atoms with Gasteiger partial charge < -0.3 is 19.5 Å². The number of hydrogen-bond donors (Lipinski definition) is 1. The highest BCUT2D eigenvalue weighted by Gasteiger charge is 2.36. The number of aliphatic hydroxyl groups is 1. The molecule has 0 amide bonds. The molecule has 1 saturated heterocycles. The van der Waals surface area contributed by atoms with Gasteiger partial charge in [0.15, 0.2) is 5.13 Å². The second-order valence-corrected chi connectivity index (χ2v) is 8.31. The van der Waals surface area contributed by atoms with E-state index in [2.05, 4.69) is 4.98 Å². The van der Waals surface area contributed by atoms with Crippen LogP contribution in [0.15, 0.2) is 36.4 Å². The zero-order chi connectivity index (χ0) is 21.5.